The van der Waals surface area contributed by atoms with Crippen molar-refractivity contribution in [3.8, 4) is 0 Å². The van der Waals surface area contributed by atoms with Crippen molar-refractivity contribution in [1.29, 1.82) is 0 Å². The van der Waals surface area contributed by atoms with E-state index in [9.17, 15) is 19.3 Å². The first-order chi connectivity index (χ1) is 8.49. The summed E-state index contributed by atoms with van der Waals surface area (Å²) in [6.45, 7) is -1.40. The molecule has 114 valence electrons. The normalized spacial score (nSPS) is 32.7. The average Bonchev–Trinajstić information content (AvgIpc) is 2.49. The Morgan fingerprint density at radius 3 is 1.42 bits per heavy atom. The van der Waals surface area contributed by atoms with Crippen LogP contribution < -0.4 is 0 Å². The topological polar surface area (TPSA) is 183 Å². The van der Waals surface area contributed by atoms with E-state index in [0.29, 0.717) is 0 Å². The van der Waals surface area contributed by atoms with Crippen LogP contribution in [0.1, 0.15) is 0 Å². The van der Waals surface area contributed by atoms with Gasteiger partial charge in [-0.1, -0.05) is 0 Å². The van der Waals surface area contributed by atoms with Crippen molar-refractivity contribution in [2.24, 2.45) is 0 Å². The summed E-state index contributed by atoms with van der Waals surface area (Å²) in [5, 5.41) is 19.0. The standard InChI is InChI=1S/C6H14O11P2/c7-5-3(1-15-18(9,10)11)17-4(6(5)8)2-16-19(12,13)14/h3-8H,1-2H2,(H2,9,10,11)(H2,12,13,14)/t3-,4-,5-,6?/m0/s1. The number of phosphoric acid groups is 2. The molecule has 0 aromatic rings. The third-order valence-electron chi connectivity index (χ3n) is 2.28. The van der Waals surface area contributed by atoms with Crippen molar-refractivity contribution in [1.82, 2.24) is 0 Å². The minimum absolute atomic E-state index is 0.699. The maximum atomic E-state index is 10.5. The Morgan fingerprint density at radius 2 is 1.16 bits per heavy atom. The lowest BCUT2D eigenvalue weighted by Crippen LogP contribution is -2.35. The Balaban J connectivity index is 2.51. The number of phosphoric ester groups is 2. The summed E-state index contributed by atoms with van der Waals surface area (Å²) in [7, 11) is -9.51. The Labute approximate surface area is 107 Å². The first-order valence-electron chi connectivity index (χ1n) is 4.91. The van der Waals surface area contributed by atoms with Gasteiger partial charge in [-0.25, -0.2) is 9.13 Å². The highest BCUT2D eigenvalue weighted by molar-refractivity contribution is 7.46. The van der Waals surface area contributed by atoms with Crippen LogP contribution in [-0.4, -0.2) is 67.4 Å². The Kier molecular flexibility index (Phi) is 5.64. The lowest BCUT2D eigenvalue weighted by molar-refractivity contribution is -0.0382. The smallest absolute Gasteiger partial charge is 0.388 e. The molecule has 0 amide bonds. The summed E-state index contributed by atoms with van der Waals surface area (Å²) < 4.78 is 34.1. The van der Waals surface area contributed by atoms with E-state index in [1.165, 1.54) is 0 Å². The predicted molar refractivity (Wildman–Crippen MR) is 56.7 cm³/mol. The molecule has 0 bridgehead atoms. The Bertz CT molecular complexity index is 351. The second-order valence-electron chi connectivity index (χ2n) is 3.77. The van der Waals surface area contributed by atoms with Gasteiger partial charge in [0, 0.05) is 0 Å². The van der Waals surface area contributed by atoms with Crippen LogP contribution in [0.4, 0.5) is 0 Å². The minimum Gasteiger partial charge on any atom is -0.388 e. The summed E-state index contributed by atoms with van der Waals surface area (Å²) in [5.41, 5.74) is 0. The molecular weight excluding hydrogens is 310 g/mol. The zero-order chi connectivity index (χ0) is 14.8. The average molecular weight is 324 g/mol. The van der Waals surface area contributed by atoms with Crippen LogP contribution in [0.2, 0.25) is 0 Å². The summed E-state index contributed by atoms with van der Waals surface area (Å²) in [4.78, 5) is 33.9. The molecule has 0 spiro atoms. The number of aliphatic hydroxyl groups excluding tert-OH is 2. The first kappa shape index (κ1) is 17.2. The largest absolute Gasteiger partial charge is 0.469 e. The van der Waals surface area contributed by atoms with Gasteiger partial charge in [0.25, 0.3) is 0 Å². The van der Waals surface area contributed by atoms with Gasteiger partial charge in [0.15, 0.2) is 0 Å². The fourth-order valence-electron chi connectivity index (χ4n) is 1.44. The van der Waals surface area contributed by atoms with Gasteiger partial charge in [0.1, 0.15) is 24.4 Å². The zero-order valence-corrected chi connectivity index (χ0v) is 11.1. The fourth-order valence-corrected chi connectivity index (χ4v) is 2.12. The molecule has 1 saturated heterocycles. The van der Waals surface area contributed by atoms with Gasteiger partial charge in [0.2, 0.25) is 0 Å². The van der Waals surface area contributed by atoms with E-state index < -0.39 is 53.3 Å². The summed E-state index contributed by atoms with van der Waals surface area (Å²) >= 11 is 0. The van der Waals surface area contributed by atoms with Crippen LogP contribution in [-0.2, 0) is 22.9 Å². The van der Waals surface area contributed by atoms with Crippen LogP contribution in [0.5, 0.6) is 0 Å². The van der Waals surface area contributed by atoms with E-state index in [1.807, 2.05) is 0 Å². The highest BCUT2D eigenvalue weighted by Crippen LogP contribution is 2.39. The lowest BCUT2D eigenvalue weighted by Gasteiger charge is -2.15. The third-order valence-corrected chi connectivity index (χ3v) is 3.25. The number of ether oxygens (including phenoxy) is 1. The van der Waals surface area contributed by atoms with Gasteiger partial charge in [-0.15, -0.1) is 0 Å². The number of hydrogen-bond donors (Lipinski definition) is 6. The molecule has 1 heterocycles. The molecule has 0 saturated carbocycles. The monoisotopic (exact) mass is 324 g/mol. The zero-order valence-electron chi connectivity index (χ0n) is 9.34. The van der Waals surface area contributed by atoms with Crippen LogP contribution >= 0.6 is 15.6 Å². The molecular formula is C6H14O11P2. The molecule has 1 aliphatic rings. The first-order valence-corrected chi connectivity index (χ1v) is 7.97. The predicted octanol–water partition coefficient (Wildman–Crippen LogP) is -2.31. The highest BCUT2D eigenvalue weighted by Gasteiger charge is 2.44. The van der Waals surface area contributed by atoms with Crippen molar-refractivity contribution in [2.75, 3.05) is 13.2 Å². The molecule has 1 fully saturated rings. The van der Waals surface area contributed by atoms with E-state index in [4.69, 9.17) is 24.3 Å². The summed E-state index contributed by atoms with van der Waals surface area (Å²) in [6.07, 6.45) is -5.57. The van der Waals surface area contributed by atoms with Gasteiger partial charge < -0.3 is 34.5 Å². The maximum absolute atomic E-state index is 10.5. The van der Waals surface area contributed by atoms with Gasteiger partial charge in [-0.3, -0.25) is 9.05 Å². The second kappa shape index (κ2) is 6.25. The van der Waals surface area contributed by atoms with Crippen LogP contribution in [0.25, 0.3) is 0 Å². The molecule has 0 radical (unpaired) electrons. The molecule has 13 heteroatoms. The summed E-state index contributed by atoms with van der Waals surface area (Å²) in [5.74, 6) is 0. The molecule has 19 heavy (non-hydrogen) atoms. The fraction of sp³-hybridized carbons (Fsp3) is 1.00. The minimum atomic E-state index is -4.75. The SMILES string of the molecule is O=P(O)(O)OC[C@@H]1O[C@@H](COP(=O)(O)O)[C@H](O)C1O. The third kappa shape index (κ3) is 5.94. The van der Waals surface area contributed by atoms with Gasteiger partial charge >= 0.3 is 15.6 Å². The van der Waals surface area contributed by atoms with Crippen LogP contribution in [0.15, 0.2) is 0 Å². The van der Waals surface area contributed by atoms with Gasteiger partial charge in [-0.05, 0) is 0 Å². The van der Waals surface area contributed by atoms with E-state index in [0.717, 1.165) is 0 Å². The van der Waals surface area contributed by atoms with Crippen LogP contribution in [0, 0.1) is 0 Å². The Hall–Kier alpha value is 0.1000. The van der Waals surface area contributed by atoms with Crippen molar-refractivity contribution in [2.45, 2.75) is 24.4 Å². The summed E-state index contributed by atoms with van der Waals surface area (Å²) in [6, 6.07) is 0. The molecule has 4 atom stereocenters. The molecule has 1 unspecified atom stereocenters. The van der Waals surface area contributed by atoms with E-state index >= 15 is 0 Å². The van der Waals surface area contributed by atoms with E-state index in [-0.39, 0.29) is 0 Å². The molecule has 1 aliphatic heterocycles. The quantitative estimate of drug-likeness (QED) is 0.289. The number of rotatable bonds is 6. The highest BCUT2D eigenvalue weighted by atomic mass is 31.2. The van der Waals surface area contributed by atoms with Crippen molar-refractivity contribution >= 4 is 15.6 Å². The van der Waals surface area contributed by atoms with E-state index in [2.05, 4.69) is 9.05 Å². The van der Waals surface area contributed by atoms with Crippen LogP contribution in [0.3, 0.4) is 0 Å². The molecule has 11 nitrogen and oxygen atoms in total. The van der Waals surface area contributed by atoms with Crippen molar-refractivity contribution < 1.29 is 52.7 Å². The molecule has 1 rings (SSSR count). The Morgan fingerprint density at radius 1 is 0.842 bits per heavy atom. The van der Waals surface area contributed by atoms with Crippen molar-refractivity contribution in [3.63, 3.8) is 0 Å². The lowest BCUT2D eigenvalue weighted by atomic mass is 10.1. The second-order valence-corrected chi connectivity index (χ2v) is 6.25. The number of hydrogen-bond acceptors (Lipinski definition) is 7. The molecule has 0 aliphatic carbocycles. The molecule has 0 aromatic heterocycles. The molecule has 0 aromatic carbocycles. The van der Waals surface area contributed by atoms with Crippen molar-refractivity contribution in [3.05, 3.63) is 0 Å². The maximum Gasteiger partial charge on any atom is 0.469 e. The van der Waals surface area contributed by atoms with Gasteiger partial charge in [-0.2, -0.15) is 0 Å². The van der Waals surface area contributed by atoms with E-state index in [1.54, 1.807) is 0 Å². The van der Waals surface area contributed by atoms with Gasteiger partial charge in [0.05, 0.1) is 13.2 Å². The number of aliphatic hydroxyl groups is 2. The molecule has 6 N–H and O–H groups in total.